The van der Waals surface area contributed by atoms with E-state index >= 15 is 0 Å². The van der Waals surface area contributed by atoms with Crippen molar-refractivity contribution in [1.29, 1.82) is 0 Å². The largest absolute Gasteiger partial charge is 0.345 e. The monoisotopic (exact) mass is 312 g/mol. The Morgan fingerprint density at radius 3 is 2.59 bits per heavy atom. The standard InChI is InChI=1S/C14H18F2N4O2/c1-18-6-4-13(12(18)22)7-14(15,16)9-20(8-13)11(21)10-3-5-19(2)17-10/h3,5H,4,6-9H2,1-2H3/t13-/m0/s1. The smallest absolute Gasteiger partial charge is 0.274 e. The van der Waals surface area contributed by atoms with Gasteiger partial charge in [-0.25, -0.2) is 8.78 Å². The summed E-state index contributed by atoms with van der Waals surface area (Å²) in [6.07, 6.45) is 1.44. The molecule has 0 saturated carbocycles. The van der Waals surface area contributed by atoms with E-state index in [1.165, 1.54) is 15.6 Å². The van der Waals surface area contributed by atoms with Crippen molar-refractivity contribution in [2.24, 2.45) is 12.5 Å². The van der Waals surface area contributed by atoms with E-state index in [1.54, 1.807) is 20.3 Å². The molecular formula is C14H18F2N4O2. The van der Waals surface area contributed by atoms with Crippen LogP contribution in [0.15, 0.2) is 12.3 Å². The normalized spacial score (nSPS) is 27.7. The fourth-order valence-electron chi connectivity index (χ4n) is 3.45. The van der Waals surface area contributed by atoms with Crippen LogP contribution in [-0.2, 0) is 11.8 Å². The number of aromatic nitrogens is 2. The maximum atomic E-state index is 14.1. The van der Waals surface area contributed by atoms with Crippen LogP contribution in [0.5, 0.6) is 0 Å². The van der Waals surface area contributed by atoms with Crippen LogP contribution >= 0.6 is 0 Å². The lowest BCUT2D eigenvalue weighted by Crippen LogP contribution is -2.57. The topological polar surface area (TPSA) is 58.4 Å². The molecule has 1 aromatic heterocycles. The van der Waals surface area contributed by atoms with Crippen LogP contribution in [-0.4, -0.2) is 64.0 Å². The van der Waals surface area contributed by atoms with Crippen molar-refractivity contribution in [2.45, 2.75) is 18.8 Å². The van der Waals surface area contributed by atoms with Gasteiger partial charge in [-0.2, -0.15) is 5.10 Å². The van der Waals surface area contributed by atoms with E-state index in [1.807, 2.05) is 0 Å². The predicted molar refractivity (Wildman–Crippen MR) is 73.4 cm³/mol. The van der Waals surface area contributed by atoms with Crippen LogP contribution in [0.4, 0.5) is 8.78 Å². The summed E-state index contributed by atoms with van der Waals surface area (Å²) in [5.74, 6) is -3.92. The number of hydrogen-bond acceptors (Lipinski definition) is 3. The van der Waals surface area contributed by atoms with Crippen molar-refractivity contribution in [3.05, 3.63) is 18.0 Å². The minimum Gasteiger partial charge on any atom is -0.345 e. The summed E-state index contributed by atoms with van der Waals surface area (Å²) in [6.45, 7) is -0.192. The van der Waals surface area contributed by atoms with Crippen molar-refractivity contribution in [3.8, 4) is 0 Å². The van der Waals surface area contributed by atoms with Crippen LogP contribution in [0.25, 0.3) is 0 Å². The lowest BCUT2D eigenvalue weighted by Gasteiger charge is -2.42. The Kier molecular flexibility index (Phi) is 3.23. The average molecular weight is 312 g/mol. The Hall–Kier alpha value is -1.99. The Labute approximate surface area is 126 Å². The number of carbonyl (C=O) groups is 2. The highest BCUT2D eigenvalue weighted by molar-refractivity contribution is 5.93. The van der Waals surface area contributed by atoms with Crippen LogP contribution in [0.1, 0.15) is 23.3 Å². The van der Waals surface area contributed by atoms with Gasteiger partial charge in [0.2, 0.25) is 5.91 Å². The summed E-state index contributed by atoms with van der Waals surface area (Å²) >= 11 is 0. The highest BCUT2D eigenvalue weighted by Gasteiger charge is 2.57. The first-order valence-electron chi connectivity index (χ1n) is 7.15. The lowest BCUT2D eigenvalue weighted by atomic mass is 9.77. The van der Waals surface area contributed by atoms with Crippen molar-refractivity contribution >= 4 is 11.8 Å². The van der Waals surface area contributed by atoms with Crippen LogP contribution < -0.4 is 0 Å². The molecule has 0 aliphatic carbocycles. The third-order valence-corrected chi connectivity index (χ3v) is 4.46. The molecule has 2 amide bonds. The number of amides is 2. The van der Waals surface area contributed by atoms with Crippen molar-refractivity contribution in [1.82, 2.24) is 19.6 Å². The second kappa shape index (κ2) is 4.76. The Balaban J connectivity index is 1.89. The summed E-state index contributed by atoms with van der Waals surface area (Å²) in [7, 11) is 3.26. The molecule has 8 heteroatoms. The molecule has 3 rings (SSSR count). The number of hydrogen-bond donors (Lipinski definition) is 0. The zero-order chi connectivity index (χ0) is 16.1. The predicted octanol–water partition coefficient (Wildman–Crippen LogP) is 0.750. The molecule has 1 spiro atoms. The molecule has 0 N–H and O–H groups in total. The Morgan fingerprint density at radius 1 is 1.32 bits per heavy atom. The molecule has 6 nitrogen and oxygen atoms in total. The summed E-state index contributed by atoms with van der Waals surface area (Å²) in [4.78, 5) is 27.3. The Bertz CT molecular complexity index is 630. The van der Waals surface area contributed by atoms with Crippen LogP contribution in [0.3, 0.4) is 0 Å². The molecule has 3 heterocycles. The highest BCUT2D eigenvalue weighted by atomic mass is 19.3. The SMILES string of the molecule is CN1CC[C@]2(CN(C(=O)c3ccn(C)n3)CC(F)(F)C2)C1=O. The number of piperidine rings is 1. The van der Waals surface area contributed by atoms with E-state index < -0.39 is 30.2 Å². The van der Waals surface area contributed by atoms with Gasteiger partial charge in [-0.05, 0) is 12.5 Å². The van der Waals surface area contributed by atoms with E-state index in [2.05, 4.69) is 5.10 Å². The fourth-order valence-corrected chi connectivity index (χ4v) is 3.45. The fraction of sp³-hybridized carbons (Fsp3) is 0.643. The second-order valence-corrected chi connectivity index (χ2v) is 6.33. The maximum Gasteiger partial charge on any atom is 0.274 e. The summed E-state index contributed by atoms with van der Waals surface area (Å²) in [6, 6.07) is 1.49. The summed E-state index contributed by atoms with van der Waals surface area (Å²) in [5.41, 5.74) is -1.05. The average Bonchev–Trinajstić information content (AvgIpc) is 2.97. The first-order valence-corrected chi connectivity index (χ1v) is 7.15. The van der Waals surface area contributed by atoms with E-state index in [-0.39, 0.29) is 18.1 Å². The van der Waals surface area contributed by atoms with E-state index in [4.69, 9.17) is 0 Å². The van der Waals surface area contributed by atoms with E-state index in [9.17, 15) is 18.4 Å². The zero-order valence-electron chi connectivity index (χ0n) is 12.6. The molecule has 2 aliphatic heterocycles. The molecule has 2 saturated heterocycles. The molecule has 0 unspecified atom stereocenters. The summed E-state index contributed by atoms with van der Waals surface area (Å²) in [5, 5.41) is 3.97. The van der Waals surface area contributed by atoms with E-state index in [0.717, 1.165) is 4.90 Å². The number of aryl methyl sites for hydroxylation is 1. The van der Waals surface area contributed by atoms with Gasteiger partial charge in [0.1, 0.15) is 5.69 Å². The highest BCUT2D eigenvalue weighted by Crippen LogP contribution is 2.45. The quantitative estimate of drug-likeness (QED) is 0.769. The third kappa shape index (κ3) is 2.36. The number of nitrogens with zero attached hydrogens (tertiary/aromatic N) is 4. The van der Waals surface area contributed by atoms with Gasteiger partial charge in [0.15, 0.2) is 0 Å². The second-order valence-electron chi connectivity index (χ2n) is 6.33. The van der Waals surface area contributed by atoms with Crippen molar-refractivity contribution in [3.63, 3.8) is 0 Å². The van der Waals surface area contributed by atoms with Crippen molar-refractivity contribution < 1.29 is 18.4 Å². The van der Waals surface area contributed by atoms with Gasteiger partial charge < -0.3 is 9.80 Å². The lowest BCUT2D eigenvalue weighted by molar-refractivity contribution is -0.150. The minimum atomic E-state index is -3.07. The number of halogens is 2. The number of carbonyl (C=O) groups excluding carboxylic acids is 2. The molecule has 0 aromatic carbocycles. The molecule has 2 fully saturated rings. The number of likely N-dealkylation sites (tertiary alicyclic amines) is 2. The minimum absolute atomic E-state index is 0.0289. The first kappa shape index (κ1) is 14.9. The van der Waals surface area contributed by atoms with Crippen LogP contribution in [0.2, 0.25) is 0 Å². The van der Waals surface area contributed by atoms with Gasteiger partial charge in [-0.1, -0.05) is 0 Å². The Morgan fingerprint density at radius 2 is 2.05 bits per heavy atom. The van der Waals surface area contributed by atoms with Gasteiger partial charge in [0, 0.05) is 39.8 Å². The maximum absolute atomic E-state index is 14.1. The molecule has 0 bridgehead atoms. The van der Waals surface area contributed by atoms with E-state index in [0.29, 0.717) is 13.0 Å². The molecule has 0 radical (unpaired) electrons. The number of rotatable bonds is 1. The van der Waals surface area contributed by atoms with Gasteiger partial charge in [-0.3, -0.25) is 14.3 Å². The molecule has 1 atom stereocenters. The van der Waals surface area contributed by atoms with Gasteiger partial charge >= 0.3 is 0 Å². The molecular weight excluding hydrogens is 294 g/mol. The summed E-state index contributed by atoms with van der Waals surface area (Å²) < 4.78 is 29.7. The van der Waals surface area contributed by atoms with Crippen LogP contribution in [0, 0.1) is 5.41 Å². The zero-order valence-corrected chi connectivity index (χ0v) is 12.6. The molecule has 2 aliphatic rings. The third-order valence-electron chi connectivity index (χ3n) is 4.46. The van der Waals surface area contributed by atoms with Crippen molar-refractivity contribution in [2.75, 3.05) is 26.7 Å². The molecule has 1 aromatic rings. The molecule has 22 heavy (non-hydrogen) atoms. The van der Waals surface area contributed by atoms with Gasteiger partial charge in [0.25, 0.3) is 11.8 Å². The first-order chi connectivity index (χ1) is 10.2. The van der Waals surface area contributed by atoms with Gasteiger partial charge in [-0.15, -0.1) is 0 Å². The van der Waals surface area contributed by atoms with Gasteiger partial charge in [0.05, 0.1) is 12.0 Å². The number of alkyl halides is 2. The molecule has 120 valence electrons.